The Labute approximate surface area is 182 Å². The van der Waals surface area contributed by atoms with Gasteiger partial charge in [-0.05, 0) is 12.8 Å². The molecule has 0 aromatic heterocycles. The van der Waals surface area contributed by atoms with Gasteiger partial charge in [0.2, 0.25) is 0 Å². The number of phosphoric ester groups is 1. The first-order chi connectivity index (χ1) is 14.2. The molecule has 2 rings (SSSR count). The van der Waals surface area contributed by atoms with E-state index in [-0.39, 0.29) is 36.9 Å². The van der Waals surface area contributed by atoms with Gasteiger partial charge in [0.15, 0.2) is 0 Å². The molecule has 0 saturated carbocycles. The fourth-order valence-corrected chi connectivity index (χ4v) is 4.44. The molecule has 10 nitrogen and oxygen atoms in total. The molecule has 2 amide bonds. The van der Waals surface area contributed by atoms with Crippen LogP contribution in [0.3, 0.4) is 0 Å². The van der Waals surface area contributed by atoms with Crippen LogP contribution in [0.15, 0.2) is 12.2 Å². The van der Waals surface area contributed by atoms with E-state index in [0.717, 1.165) is 12.0 Å². The van der Waals surface area contributed by atoms with E-state index in [4.69, 9.17) is 26.2 Å². The number of nitrogens with zero attached hydrogens (tertiary/aromatic N) is 1. The lowest BCUT2D eigenvalue weighted by molar-refractivity contribution is -0.136. The number of thiocarbonyl (C=S) groups is 1. The second-order valence-corrected chi connectivity index (χ2v) is 9.13. The van der Waals surface area contributed by atoms with Gasteiger partial charge in [-0.2, -0.15) is 0 Å². The Kier molecular flexibility index (Phi) is 9.61. The number of carbonyl (C=O) groups is 2. The molecular weight excluding hydrogens is 434 g/mol. The quantitative estimate of drug-likeness (QED) is 0.132. The van der Waals surface area contributed by atoms with Crippen molar-refractivity contribution < 1.29 is 37.6 Å². The minimum absolute atomic E-state index is 0.123. The van der Waals surface area contributed by atoms with E-state index in [9.17, 15) is 19.0 Å². The van der Waals surface area contributed by atoms with Gasteiger partial charge in [-0.15, -0.1) is 0 Å². The third-order valence-electron chi connectivity index (χ3n) is 5.10. The molecule has 0 aromatic carbocycles. The molecule has 0 bridgehead atoms. The molecule has 13 heteroatoms. The Morgan fingerprint density at radius 3 is 2.63 bits per heavy atom. The van der Waals surface area contributed by atoms with Crippen molar-refractivity contribution >= 4 is 44.7 Å². The number of methoxy groups -OCH3 is 1. The average Bonchev–Trinajstić information content (AvgIpc) is 3.16. The van der Waals surface area contributed by atoms with Gasteiger partial charge in [0.1, 0.15) is 20.1 Å². The standard InChI is InChI=1S/C17H28BN2O8PS/c1-25-10-12-16(28-29(23,24)26-2)11(17(18)27-12)4-3-8-19-13(30)7-9-20-14(21)5-6-15(20)22/h5-6,11-12,16-17H,3-4,7-10,18H2,1-2H3,(H,19,30)(H,23,24)/t11-,12+,16?,17+/m0/s1. The summed E-state index contributed by atoms with van der Waals surface area (Å²) < 4.78 is 32.8. The number of imide groups is 1. The van der Waals surface area contributed by atoms with E-state index in [2.05, 4.69) is 9.84 Å². The lowest BCUT2D eigenvalue weighted by Gasteiger charge is -2.25. The second-order valence-electron chi connectivity index (χ2n) is 7.12. The number of rotatable bonds is 12. The van der Waals surface area contributed by atoms with Crippen molar-refractivity contribution in [2.24, 2.45) is 5.92 Å². The molecule has 0 radical (unpaired) electrons. The largest absolute Gasteiger partial charge is 0.472 e. The van der Waals surface area contributed by atoms with Gasteiger partial charge in [0.25, 0.3) is 11.8 Å². The smallest absolute Gasteiger partial charge is 0.382 e. The third kappa shape index (κ3) is 6.95. The Bertz CT molecular complexity index is 706. The van der Waals surface area contributed by atoms with Crippen LogP contribution < -0.4 is 5.32 Å². The van der Waals surface area contributed by atoms with Crippen LogP contribution in [0.25, 0.3) is 0 Å². The summed E-state index contributed by atoms with van der Waals surface area (Å²) in [4.78, 5) is 34.5. The summed E-state index contributed by atoms with van der Waals surface area (Å²) in [5.41, 5.74) is 0. The van der Waals surface area contributed by atoms with E-state index >= 15 is 0 Å². The molecule has 1 fully saturated rings. The van der Waals surface area contributed by atoms with Crippen LogP contribution in [0.4, 0.5) is 0 Å². The Balaban J connectivity index is 1.78. The fraction of sp³-hybridized carbons (Fsp3) is 0.706. The van der Waals surface area contributed by atoms with Crippen LogP contribution in [0.2, 0.25) is 0 Å². The van der Waals surface area contributed by atoms with Crippen LogP contribution >= 0.6 is 20.0 Å². The first-order valence-electron chi connectivity index (χ1n) is 9.70. The maximum Gasteiger partial charge on any atom is 0.472 e. The Morgan fingerprint density at radius 2 is 2.03 bits per heavy atom. The van der Waals surface area contributed by atoms with Crippen molar-refractivity contribution in [2.75, 3.05) is 33.9 Å². The Morgan fingerprint density at radius 1 is 1.37 bits per heavy atom. The van der Waals surface area contributed by atoms with Gasteiger partial charge < -0.3 is 19.7 Å². The Hall–Kier alpha value is -1.14. The summed E-state index contributed by atoms with van der Waals surface area (Å²) in [7, 11) is 0.363. The van der Waals surface area contributed by atoms with E-state index < -0.39 is 20.0 Å². The van der Waals surface area contributed by atoms with Crippen LogP contribution in [-0.2, 0) is 32.7 Å². The predicted molar refractivity (Wildman–Crippen MR) is 115 cm³/mol. The number of carbonyl (C=O) groups excluding carboxylic acids is 2. The first kappa shape index (κ1) is 25.1. The molecule has 2 unspecified atom stereocenters. The van der Waals surface area contributed by atoms with Crippen LogP contribution in [0, 0.1) is 5.92 Å². The van der Waals surface area contributed by atoms with Gasteiger partial charge in [-0.25, -0.2) is 4.57 Å². The molecule has 0 aliphatic carbocycles. The van der Waals surface area contributed by atoms with Crippen molar-refractivity contribution in [2.45, 2.75) is 37.5 Å². The highest BCUT2D eigenvalue weighted by molar-refractivity contribution is 7.80. The summed E-state index contributed by atoms with van der Waals surface area (Å²) in [6, 6.07) is -0.182. The molecule has 0 aromatic rings. The zero-order chi connectivity index (χ0) is 22.3. The summed E-state index contributed by atoms with van der Waals surface area (Å²) in [6.45, 7) is 1.05. The first-order valence-corrected chi connectivity index (χ1v) is 11.6. The molecule has 1 saturated heterocycles. The van der Waals surface area contributed by atoms with Gasteiger partial charge >= 0.3 is 7.82 Å². The number of nitrogens with one attached hydrogen (secondary N) is 1. The van der Waals surface area contributed by atoms with Crippen molar-refractivity contribution in [3.05, 3.63) is 12.2 Å². The zero-order valence-corrected chi connectivity index (χ0v) is 19.0. The minimum atomic E-state index is -4.17. The summed E-state index contributed by atoms with van der Waals surface area (Å²) in [5, 5.41) is 3.11. The molecule has 5 atom stereocenters. The predicted octanol–water partition coefficient (Wildman–Crippen LogP) is -0.249. The molecule has 2 N–H and O–H groups in total. The highest BCUT2D eigenvalue weighted by Crippen LogP contribution is 2.48. The van der Waals surface area contributed by atoms with Gasteiger partial charge in [-0.1, -0.05) is 12.2 Å². The minimum Gasteiger partial charge on any atom is -0.382 e. The summed E-state index contributed by atoms with van der Waals surface area (Å²) in [5.74, 6) is -0.777. The van der Waals surface area contributed by atoms with E-state index in [1.165, 1.54) is 19.3 Å². The topological polar surface area (TPSA) is 124 Å². The van der Waals surface area contributed by atoms with Crippen LogP contribution in [0.5, 0.6) is 0 Å². The average molecular weight is 462 g/mol. The molecule has 2 aliphatic heterocycles. The highest BCUT2D eigenvalue weighted by Gasteiger charge is 2.45. The molecule has 30 heavy (non-hydrogen) atoms. The van der Waals surface area contributed by atoms with Crippen molar-refractivity contribution in [3.8, 4) is 0 Å². The lowest BCUT2D eigenvalue weighted by atomic mass is 9.82. The fourth-order valence-electron chi connectivity index (χ4n) is 3.56. The number of phosphoric acid groups is 1. The highest BCUT2D eigenvalue weighted by atomic mass is 32.1. The normalized spacial score (nSPS) is 28.2. The van der Waals surface area contributed by atoms with Crippen LogP contribution in [0.1, 0.15) is 19.3 Å². The molecule has 2 aliphatic rings. The third-order valence-corrected chi connectivity index (χ3v) is 6.42. The second kappa shape index (κ2) is 11.5. The number of ether oxygens (including phenoxy) is 2. The molecular formula is C17H28BN2O8PS. The van der Waals surface area contributed by atoms with Gasteiger partial charge in [0.05, 0.1) is 11.6 Å². The SMILES string of the molecule is B[C@@H]1O[C@H](COC)C(OP(=O)(O)OC)[C@@H]1CCCNC(=S)CCN1C(=O)C=CC1=O. The maximum atomic E-state index is 11.9. The monoisotopic (exact) mass is 462 g/mol. The summed E-state index contributed by atoms with van der Waals surface area (Å²) >= 11 is 5.27. The van der Waals surface area contributed by atoms with Crippen LogP contribution in [-0.4, -0.2) is 86.6 Å². The number of amides is 2. The van der Waals surface area contributed by atoms with E-state index in [1.54, 1.807) is 0 Å². The van der Waals surface area contributed by atoms with E-state index in [1.807, 2.05) is 7.85 Å². The number of hydrogen-bond acceptors (Lipinski definition) is 8. The maximum absolute atomic E-state index is 11.9. The summed E-state index contributed by atoms with van der Waals surface area (Å²) in [6.07, 6.45) is 3.15. The zero-order valence-electron chi connectivity index (χ0n) is 17.3. The van der Waals surface area contributed by atoms with Crippen molar-refractivity contribution in [1.29, 1.82) is 0 Å². The van der Waals surface area contributed by atoms with Gasteiger partial charge in [0, 0.05) is 57.8 Å². The lowest BCUT2D eigenvalue weighted by Crippen LogP contribution is -2.35. The van der Waals surface area contributed by atoms with E-state index in [0.29, 0.717) is 30.8 Å². The molecule has 168 valence electrons. The molecule has 2 heterocycles. The molecule has 0 spiro atoms. The van der Waals surface area contributed by atoms with Crippen molar-refractivity contribution in [3.63, 3.8) is 0 Å². The number of hydrogen-bond donors (Lipinski definition) is 2. The van der Waals surface area contributed by atoms with Gasteiger partial charge in [-0.3, -0.25) is 23.5 Å². The van der Waals surface area contributed by atoms with Crippen molar-refractivity contribution in [1.82, 2.24) is 10.2 Å².